The van der Waals surface area contributed by atoms with E-state index in [2.05, 4.69) is 6.92 Å². The third-order valence-electron chi connectivity index (χ3n) is 8.21. The molecular weight excluding hydrogens is 348 g/mol. The Morgan fingerprint density at radius 2 is 2.07 bits per heavy atom. The first-order valence-corrected chi connectivity index (χ1v) is 9.67. The second-order valence-electron chi connectivity index (χ2n) is 9.10. The van der Waals surface area contributed by atoms with E-state index in [1.54, 1.807) is 12.2 Å². The van der Waals surface area contributed by atoms with E-state index in [9.17, 15) is 24.6 Å². The largest absolute Gasteiger partial charge is 0.478 e. The third kappa shape index (κ3) is 2.19. The van der Waals surface area contributed by atoms with E-state index in [0.29, 0.717) is 6.42 Å². The lowest BCUT2D eigenvalue weighted by Crippen LogP contribution is -2.62. The van der Waals surface area contributed by atoms with Crippen LogP contribution in [-0.4, -0.2) is 40.1 Å². The molecule has 0 aromatic rings. The average molecular weight is 374 g/mol. The van der Waals surface area contributed by atoms with Crippen molar-refractivity contribution >= 4 is 18.2 Å². The molecule has 6 nitrogen and oxygen atoms in total. The molecule has 0 aliphatic heterocycles. The number of ether oxygens (including phenoxy) is 1. The summed E-state index contributed by atoms with van der Waals surface area (Å²) in [5, 5.41) is 21.1. The molecule has 6 heteroatoms. The van der Waals surface area contributed by atoms with Crippen LogP contribution in [0.2, 0.25) is 0 Å². The smallest absolute Gasteiger partial charge is 0.348 e. The summed E-state index contributed by atoms with van der Waals surface area (Å²) in [7, 11) is 0. The van der Waals surface area contributed by atoms with Crippen LogP contribution in [0.3, 0.4) is 0 Å². The minimum absolute atomic E-state index is 0.0128. The lowest BCUT2D eigenvalue weighted by atomic mass is 9.46. The van der Waals surface area contributed by atoms with Gasteiger partial charge in [0.2, 0.25) is 5.60 Å². The molecule has 4 rings (SSSR count). The molecule has 4 aliphatic rings. The lowest BCUT2D eigenvalue weighted by molar-refractivity contribution is -0.202. The van der Waals surface area contributed by atoms with Gasteiger partial charge < -0.3 is 14.9 Å². The fraction of sp³-hybridized carbons (Fsp3) is 0.667. The summed E-state index contributed by atoms with van der Waals surface area (Å²) < 4.78 is 5.24. The second-order valence-corrected chi connectivity index (χ2v) is 9.10. The predicted octanol–water partition coefficient (Wildman–Crippen LogP) is 2.26. The highest BCUT2D eigenvalue weighted by molar-refractivity contribution is 6.01. The Morgan fingerprint density at radius 1 is 1.33 bits per heavy atom. The van der Waals surface area contributed by atoms with Gasteiger partial charge in [-0.1, -0.05) is 25.5 Å². The van der Waals surface area contributed by atoms with Gasteiger partial charge in [-0.05, 0) is 56.1 Å². The molecule has 0 radical (unpaired) electrons. The SMILES string of the molecule is C[C@]12C=CC(=O)C=C1CC[C@@H]1[C@@H]2[C@@H](O)C[C@@]2(C)[C@H]1CC[C@]2(OC=O)C(=O)O. The Morgan fingerprint density at radius 3 is 2.74 bits per heavy atom. The molecule has 0 spiro atoms. The number of aliphatic carboxylic acids is 1. The quantitative estimate of drug-likeness (QED) is 0.735. The van der Waals surface area contributed by atoms with Crippen LogP contribution in [0, 0.1) is 28.6 Å². The van der Waals surface area contributed by atoms with Crippen LogP contribution in [0.15, 0.2) is 23.8 Å². The molecule has 0 amide bonds. The number of carbonyl (C=O) groups excluding carboxylic acids is 2. The zero-order valence-corrected chi connectivity index (χ0v) is 15.7. The van der Waals surface area contributed by atoms with Crippen molar-refractivity contribution in [2.75, 3.05) is 0 Å². The number of fused-ring (bicyclic) bond motifs is 5. The summed E-state index contributed by atoms with van der Waals surface area (Å²) in [6.45, 7) is 4.17. The molecule has 7 atom stereocenters. The summed E-state index contributed by atoms with van der Waals surface area (Å²) in [4.78, 5) is 35.1. The van der Waals surface area contributed by atoms with E-state index in [1.165, 1.54) is 0 Å². The Kier molecular flexibility index (Phi) is 3.94. The number of ketones is 1. The van der Waals surface area contributed by atoms with Crippen LogP contribution in [-0.2, 0) is 19.1 Å². The zero-order chi connectivity index (χ0) is 19.6. The number of carboxylic acid groups (broad SMARTS) is 1. The van der Waals surface area contributed by atoms with Crippen LogP contribution in [0.4, 0.5) is 0 Å². The standard InChI is InChI=1S/C21H26O6/c1-19-7-5-13(23)9-12(19)3-4-14-15-6-8-21(18(25)26,27-11-22)20(15,2)10-16(24)17(14)19/h5,7,9,11,14-17,24H,3-4,6,8,10H2,1-2H3,(H,25,26)/t14-,15-,16-,17+,19-,20-,21-/m0/s1. The van der Waals surface area contributed by atoms with E-state index in [0.717, 1.165) is 18.4 Å². The lowest BCUT2D eigenvalue weighted by Gasteiger charge is -2.59. The number of carbonyl (C=O) groups is 3. The molecule has 3 saturated carbocycles. The van der Waals surface area contributed by atoms with Crippen molar-refractivity contribution in [3.05, 3.63) is 23.8 Å². The first-order valence-electron chi connectivity index (χ1n) is 9.67. The number of allylic oxidation sites excluding steroid dienone is 4. The van der Waals surface area contributed by atoms with Crippen LogP contribution in [0.1, 0.15) is 46.0 Å². The van der Waals surface area contributed by atoms with Gasteiger partial charge in [-0.25, -0.2) is 4.79 Å². The molecule has 146 valence electrons. The fourth-order valence-electron chi connectivity index (χ4n) is 6.99. The molecule has 0 unspecified atom stereocenters. The summed E-state index contributed by atoms with van der Waals surface area (Å²) >= 11 is 0. The van der Waals surface area contributed by atoms with Gasteiger partial charge in [-0.15, -0.1) is 0 Å². The Labute approximate surface area is 158 Å². The Balaban J connectivity index is 1.77. The molecule has 2 N–H and O–H groups in total. The van der Waals surface area contributed by atoms with Crippen molar-refractivity contribution in [2.24, 2.45) is 28.6 Å². The molecular formula is C21H26O6. The molecule has 0 heterocycles. The maximum Gasteiger partial charge on any atom is 0.348 e. The predicted molar refractivity (Wildman–Crippen MR) is 95.5 cm³/mol. The van der Waals surface area contributed by atoms with Gasteiger partial charge in [0.1, 0.15) is 0 Å². The van der Waals surface area contributed by atoms with Gasteiger partial charge >= 0.3 is 5.97 Å². The number of aliphatic hydroxyl groups is 1. The molecule has 0 aromatic carbocycles. The highest BCUT2D eigenvalue weighted by atomic mass is 16.6. The number of carboxylic acids is 1. The second kappa shape index (κ2) is 5.77. The van der Waals surface area contributed by atoms with Gasteiger partial charge in [0.05, 0.1) is 6.10 Å². The zero-order valence-electron chi connectivity index (χ0n) is 15.7. The van der Waals surface area contributed by atoms with E-state index in [-0.39, 0.29) is 42.9 Å². The highest BCUT2D eigenvalue weighted by Crippen LogP contribution is 2.67. The topological polar surface area (TPSA) is 101 Å². The number of hydrogen-bond acceptors (Lipinski definition) is 5. The van der Waals surface area contributed by atoms with Crippen LogP contribution in [0.5, 0.6) is 0 Å². The van der Waals surface area contributed by atoms with Gasteiger partial charge in [-0.3, -0.25) is 9.59 Å². The van der Waals surface area contributed by atoms with Crippen LogP contribution in [0.25, 0.3) is 0 Å². The van der Waals surface area contributed by atoms with Crippen molar-refractivity contribution in [1.29, 1.82) is 0 Å². The average Bonchev–Trinajstić information content (AvgIpc) is 2.89. The Hall–Kier alpha value is -1.95. The maximum absolute atomic E-state index is 12.1. The van der Waals surface area contributed by atoms with E-state index >= 15 is 0 Å². The summed E-state index contributed by atoms with van der Waals surface area (Å²) in [6, 6.07) is 0. The molecule has 3 fully saturated rings. The number of hydrogen-bond donors (Lipinski definition) is 2. The monoisotopic (exact) mass is 374 g/mol. The highest BCUT2D eigenvalue weighted by Gasteiger charge is 2.70. The fourth-order valence-corrected chi connectivity index (χ4v) is 6.99. The third-order valence-corrected chi connectivity index (χ3v) is 8.21. The van der Waals surface area contributed by atoms with Crippen LogP contribution < -0.4 is 0 Å². The summed E-state index contributed by atoms with van der Waals surface area (Å²) in [5.41, 5.74) is -1.73. The van der Waals surface area contributed by atoms with Crippen molar-refractivity contribution in [3.8, 4) is 0 Å². The van der Waals surface area contributed by atoms with E-state index in [4.69, 9.17) is 4.74 Å². The first-order chi connectivity index (χ1) is 12.7. The van der Waals surface area contributed by atoms with Crippen molar-refractivity contribution in [2.45, 2.75) is 57.7 Å². The van der Waals surface area contributed by atoms with Gasteiger partial charge in [-0.2, -0.15) is 0 Å². The Bertz CT molecular complexity index is 769. The van der Waals surface area contributed by atoms with E-state index in [1.807, 2.05) is 13.0 Å². The van der Waals surface area contributed by atoms with E-state index < -0.39 is 28.5 Å². The van der Waals surface area contributed by atoms with Gasteiger partial charge in [0.15, 0.2) is 5.78 Å². The molecule has 0 saturated heterocycles. The molecule has 4 aliphatic carbocycles. The number of aliphatic hydroxyl groups excluding tert-OH is 1. The molecule has 27 heavy (non-hydrogen) atoms. The van der Waals surface area contributed by atoms with Crippen molar-refractivity contribution in [3.63, 3.8) is 0 Å². The number of rotatable bonds is 3. The molecule has 0 aromatic heterocycles. The van der Waals surface area contributed by atoms with Gasteiger partial charge in [0, 0.05) is 16.7 Å². The minimum Gasteiger partial charge on any atom is -0.478 e. The van der Waals surface area contributed by atoms with Crippen molar-refractivity contribution < 1.29 is 29.3 Å². The summed E-state index contributed by atoms with van der Waals surface area (Å²) in [6.07, 6.45) is 7.24. The first kappa shape index (κ1) is 18.4. The van der Waals surface area contributed by atoms with Crippen molar-refractivity contribution in [1.82, 2.24) is 0 Å². The summed E-state index contributed by atoms with van der Waals surface area (Å²) in [5.74, 6) is -1.04. The minimum atomic E-state index is -1.58. The maximum atomic E-state index is 12.1. The molecule has 0 bridgehead atoms. The van der Waals surface area contributed by atoms with Gasteiger partial charge in [0.25, 0.3) is 6.47 Å². The normalized spacial score (nSPS) is 48.1. The van der Waals surface area contributed by atoms with Crippen LogP contribution >= 0.6 is 0 Å².